The van der Waals surface area contributed by atoms with E-state index in [2.05, 4.69) is 12.2 Å². The zero-order valence-electron chi connectivity index (χ0n) is 9.93. The number of hydrogen-bond donors (Lipinski definition) is 1. The van der Waals surface area contributed by atoms with Crippen LogP contribution < -0.4 is 5.32 Å². The second-order valence-electron chi connectivity index (χ2n) is 4.27. The molecule has 0 bridgehead atoms. The van der Waals surface area contributed by atoms with Gasteiger partial charge in [-0.05, 0) is 42.8 Å². The molecule has 1 aliphatic heterocycles. The molecule has 94 valence electrons. The Morgan fingerprint density at radius 1 is 1.53 bits per heavy atom. The molecule has 0 spiro atoms. The van der Waals surface area contributed by atoms with Crippen molar-refractivity contribution < 1.29 is 4.39 Å². The molecule has 1 aromatic rings. The number of rotatable bonds is 3. The van der Waals surface area contributed by atoms with Crippen LogP contribution in [0.25, 0.3) is 0 Å². The lowest BCUT2D eigenvalue weighted by molar-refractivity contribution is 0.490. The van der Waals surface area contributed by atoms with E-state index in [1.165, 1.54) is 6.07 Å². The van der Waals surface area contributed by atoms with Crippen molar-refractivity contribution in [1.29, 1.82) is 0 Å². The van der Waals surface area contributed by atoms with E-state index in [-0.39, 0.29) is 11.9 Å². The quantitative estimate of drug-likeness (QED) is 0.888. The van der Waals surface area contributed by atoms with E-state index in [0.29, 0.717) is 5.02 Å². The van der Waals surface area contributed by atoms with Crippen LogP contribution >= 0.6 is 23.4 Å². The van der Waals surface area contributed by atoms with Crippen LogP contribution in [0.2, 0.25) is 5.02 Å². The van der Waals surface area contributed by atoms with E-state index in [0.717, 1.165) is 42.0 Å². The molecule has 4 heteroatoms. The number of halogens is 2. The van der Waals surface area contributed by atoms with Gasteiger partial charge in [-0.15, -0.1) is 0 Å². The summed E-state index contributed by atoms with van der Waals surface area (Å²) < 4.78 is 14.0. The Kier molecular flexibility index (Phi) is 4.71. The summed E-state index contributed by atoms with van der Waals surface area (Å²) in [6, 6.07) is 3.26. The lowest BCUT2D eigenvalue weighted by atomic mass is 9.98. The third kappa shape index (κ3) is 2.95. The first-order valence-electron chi connectivity index (χ1n) is 6.02. The van der Waals surface area contributed by atoms with Crippen molar-refractivity contribution in [2.24, 2.45) is 0 Å². The summed E-state index contributed by atoms with van der Waals surface area (Å²) in [5.74, 6) is 1.74. The van der Waals surface area contributed by atoms with Crippen molar-refractivity contribution in [3.63, 3.8) is 0 Å². The smallest absolute Gasteiger partial charge is 0.128 e. The highest BCUT2D eigenvalue weighted by molar-refractivity contribution is 7.98. The highest BCUT2D eigenvalue weighted by Crippen LogP contribution is 2.36. The van der Waals surface area contributed by atoms with Crippen LogP contribution in [0, 0.1) is 5.82 Å². The first kappa shape index (κ1) is 13.2. The molecule has 0 fully saturated rings. The van der Waals surface area contributed by atoms with E-state index >= 15 is 0 Å². The molecule has 1 aliphatic rings. The van der Waals surface area contributed by atoms with E-state index in [1.807, 2.05) is 11.8 Å². The van der Waals surface area contributed by atoms with Gasteiger partial charge in [-0.3, -0.25) is 0 Å². The Hall–Kier alpha value is -0.250. The van der Waals surface area contributed by atoms with Crippen LogP contribution in [0.15, 0.2) is 12.1 Å². The van der Waals surface area contributed by atoms with Crippen LogP contribution in [0.5, 0.6) is 0 Å². The summed E-state index contributed by atoms with van der Waals surface area (Å²) >= 11 is 8.01. The third-order valence-electron chi connectivity index (χ3n) is 3.03. The minimum Gasteiger partial charge on any atom is -0.310 e. The molecule has 0 saturated heterocycles. The Bertz CT molecular complexity index is 397. The highest BCUT2D eigenvalue weighted by Gasteiger charge is 2.23. The molecule has 1 nitrogen and oxygen atoms in total. The van der Waals surface area contributed by atoms with Gasteiger partial charge in [0.25, 0.3) is 0 Å². The lowest BCUT2D eigenvalue weighted by Crippen LogP contribution is -2.24. The topological polar surface area (TPSA) is 12.0 Å². The summed E-state index contributed by atoms with van der Waals surface area (Å²) in [6.45, 7) is 3.04. The number of hydrogen-bond acceptors (Lipinski definition) is 2. The molecule has 1 heterocycles. The molecule has 1 unspecified atom stereocenters. The molecular weight excluding hydrogens is 257 g/mol. The number of benzene rings is 1. The van der Waals surface area contributed by atoms with Gasteiger partial charge in [0.2, 0.25) is 0 Å². The monoisotopic (exact) mass is 273 g/mol. The van der Waals surface area contributed by atoms with Gasteiger partial charge in [-0.1, -0.05) is 18.5 Å². The Morgan fingerprint density at radius 3 is 3.12 bits per heavy atom. The molecule has 0 amide bonds. The number of fused-ring (bicyclic) bond motifs is 1. The molecule has 0 radical (unpaired) electrons. The minimum atomic E-state index is -0.125. The molecule has 0 aliphatic carbocycles. The third-order valence-corrected chi connectivity index (χ3v) is 4.40. The number of thioether (sulfide) groups is 1. The van der Waals surface area contributed by atoms with Crippen molar-refractivity contribution >= 4 is 23.4 Å². The van der Waals surface area contributed by atoms with Crippen LogP contribution in [0.1, 0.15) is 36.9 Å². The van der Waals surface area contributed by atoms with Crippen molar-refractivity contribution in [1.82, 2.24) is 5.32 Å². The molecule has 17 heavy (non-hydrogen) atoms. The maximum Gasteiger partial charge on any atom is 0.128 e. The second kappa shape index (κ2) is 6.07. The molecule has 1 atom stereocenters. The van der Waals surface area contributed by atoms with Gasteiger partial charge < -0.3 is 5.32 Å². The van der Waals surface area contributed by atoms with Gasteiger partial charge >= 0.3 is 0 Å². The van der Waals surface area contributed by atoms with E-state index < -0.39 is 0 Å². The lowest BCUT2D eigenvalue weighted by Gasteiger charge is -2.20. The molecular formula is C13H17ClFNS. The second-order valence-corrected chi connectivity index (χ2v) is 5.78. The molecule has 2 rings (SSSR count). The molecule has 0 aromatic heterocycles. The zero-order valence-corrected chi connectivity index (χ0v) is 11.5. The van der Waals surface area contributed by atoms with Crippen LogP contribution in [-0.4, -0.2) is 12.3 Å². The van der Waals surface area contributed by atoms with Crippen LogP contribution in [0.3, 0.4) is 0 Å². The summed E-state index contributed by atoms with van der Waals surface area (Å²) in [5.41, 5.74) is 1.76. The van der Waals surface area contributed by atoms with Crippen molar-refractivity contribution in [3.05, 3.63) is 34.1 Å². The summed E-state index contributed by atoms with van der Waals surface area (Å²) in [7, 11) is 0. The van der Waals surface area contributed by atoms with E-state index in [4.69, 9.17) is 11.6 Å². The fourth-order valence-electron chi connectivity index (χ4n) is 2.18. The standard InChI is InChI=1S/C13H17ClFNS/c1-2-6-16-12-5-7-17-8-9-10(14)3-4-11(15)13(9)12/h3-4,12,16H,2,5-8H2,1H3. The summed E-state index contributed by atoms with van der Waals surface area (Å²) in [6.07, 6.45) is 2.02. The Morgan fingerprint density at radius 2 is 2.35 bits per heavy atom. The predicted molar refractivity (Wildman–Crippen MR) is 73.2 cm³/mol. The van der Waals surface area contributed by atoms with Crippen LogP contribution in [-0.2, 0) is 5.75 Å². The Labute approximate surface area is 111 Å². The molecule has 1 N–H and O–H groups in total. The van der Waals surface area contributed by atoms with Crippen molar-refractivity contribution in [3.8, 4) is 0 Å². The first-order valence-corrected chi connectivity index (χ1v) is 7.55. The van der Waals surface area contributed by atoms with Gasteiger partial charge in [0, 0.05) is 22.4 Å². The van der Waals surface area contributed by atoms with Crippen molar-refractivity contribution in [2.75, 3.05) is 12.3 Å². The average Bonchev–Trinajstić information content (AvgIpc) is 2.54. The van der Waals surface area contributed by atoms with Crippen molar-refractivity contribution in [2.45, 2.75) is 31.6 Å². The SMILES string of the molecule is CCCNC1CCSCc2c(Cl)ccc(F)c21. The van der Waals surface area contributed by atoms with Gasteiger partial charge in [-0.2, -0.15) is 11.8 Å². The molecule has 0 saturated carbocycles. The predicted octanol–water partition coefficient (Wildman–Crippen LogP) is 4.16. The Balaban J connectivity index is 2.36. The fraction of sp³-hybridized carbons (Fsp3) is 0.538. The van der Waals surface area contributed by atoms with Gasteiger partial charge in [0.15, 0.2) is 0 Å². The van der Waals surface area contributed by atoms with Crippen LogP contribution in [0.4, 0.5) is 4.39 Å². The maximum absolute atomic E-state index is 14.0. The molecule has 1 aromatic carbocycles. The number of nitrogens with one attached hydrogen (secondary N) is 1. The maximum atomic E-state index is 14.0. The van der Waals surface area contributed by atoms with Gasteiger partial charge in [0.1, 0.15) is 5.82 Å². The normalized spacial score (nSPS) is 19.8. The van der Waals surface area contributed by atoms with E-state index in [1.54, 1.807) is 6.07 Å². The van der Waals surface area contributed by atoms with Gasteiger partial charge in [0.05, 0.1) is 0 Å². The first-order chi connectivity index (χ1) is 8.24. The minimum absolute atomic E-state index is 0.110. The highest BCUT2D eigenvalue weighted by atomic mass is 35.5. The average molecular weight is 274 g/mol. The fourth-order valence-corrected chi connectivity index (χ4v) is 3.55. The zero-order chi connectivity index (χ0) is 12.3. The summed E-state index contributed by atoms with van der Waals surface area (Å²) in [5, 5.41) is 4.12. The summed E-state index contributed by atoms with van der Waals surface area (Å²) in [4.78, 5) is 0. The largest absolute Gasteiger partial charge is 0.310 e. The van der Waals surface area contributed by atoms with E-state index in [9.17, 15) is 4.39 Å². The van der Waals surface area contributed by atoms with Gasteiger partial charge in [-0.25, -0.2) is 4.39 Å².